The maximum Gasteiger partial charge on any atom is 0.226 e. The van der Waals surface area contributed by atoms with Gasteiger partial charge in [0.2, 0.25) is 11.8 Å². The van der Waals surface area contributed by atoms with Crippen molar-refractivity contribution in [1.29, 1.82) is 0 Å². The lowest BCUT2D eigenvalue weighted by molar-refractivity contribution is -0.129. The minimum atomic E-state index is -0.132. The van der Waals surface area contributed by atoms with Gasteiger partial charge in [0.15, 0.2) is 0 Å². The van der Waals surface area contributed by atoms with Crippen molar-refractivity contribution in [3.05, 3.63) is 54.1 Å². The number of amides is 2. The van der Waals surface area contributed by atoms with Gasteiger partial charge in [-0.25, -0.2) is 0 Å². The standard InChI is InChI=1S/C22H28N2O4/c1-4-28-20-11-9-19(10-12-20)23-22(26)14-16-24(17(2)25)15-13-18-7-5-6-8-21(18)27-3/h5-12H,4,13-16H2,1-3H3,(H,23,26). The van der Waals surface area contributed by atoms with E-state index in [9.17, 15) is 9.59 Å². The fourth-order valence-electron chi connectivity index (χ4n) is 2.85. The van der Waals surface area contributed by atoms with Gasteiger partial charge in [-0.05, 0) is 49.2 Å². The van der Waals surface area contributed by atoms with Gasteiger partial charge in [-0.1, -0.05) is 18.2 Å². The monoisotopic (exact) mass is 384 g/mol. The molecule has 2 amide bonds. The van der Waals surface area contributed by atoms with Gasteiger partial charge < -0.3 is 19.7 Å². The van der Waals surface area contributed by atoms with E-state index in [0.717, 1.165) is 17.1 Å². The van der Waals surface area contributed by atoms with E-state index in [2.05, 4.69) is 5.32 Å². The second kappa shape index (κ2) is 11.0. The van der Waals surface area contributed by atoms with Crippen LogP contribution in [0, 0.1) is 0 Å². The molecule has 1 N–H and O–H groups in total. The lowest BCUT2D eigenvalue weighted by Gasteiger charge is -2.21. The van der Waals surface area contributed by atoms with E-state index < -0.39 is 0 Å². The molecule has 0 spiro atoms. The largest absolute Gasteiger partial charge is 0.496 e. The van der Waals surface area contributed by atoms with Crippen molar-refractivity contribution < 1.29 is 19.1 Å². The van der Waals surface area contributed by atoms with E-state index in [4.69, 9.17) is 9.47 Å². The summed E-state index contributed by atoms with van der Waals surface area (Å²) >= 11 is 0. The van der Waals surface area contributed by atoms with E-state index in [1.807, 2.05) is 43.3 Å². The van der Waals surface area contributed by atoms with Crippen molar-refractivity contribution in [1.82, 2.24) is 4.90 Å². The predicted molar refractivity (Wildman–Crippen MR) is 110 cm³/mol. The molecule has 0 bridgehead atoms. The number of hydrogen-bond donors (Lipinski definition) is 1. The fraction of sp³-hybridized carbons (Fsp3) is 0.364. The first kappa shape index (κ1) is 21.3. The summed E-state index contributed by atoms with van der Waals surface area (Å²) in [6, 6.07) is 15.0. The number of nitrogens with zero attached hydrogens (tertiary/aromatic N) is 1. The molecule has 6 heteroatoms. The molecular weight excluding hydrogens is 356 g/mol. The van der Waals surface area contributed by atoms with Crippen LogP contribution in [0.15, 0.2) is 48.5 Å². The average Bonchev–Trinajstić information content (AvgIpc) is 2.69. The van der Waals surface area contributed by atoms with Crippen LogP contribution >= 0.6 is 0 Å². The molecule has 2 rings (SSSR count). The van der Waals surface area contributed by atoms with Crippen LogP contribution in [-0.2, 0) is 16.0 Å². The SMILES string of the molecule is CCOc1ccc(NC(=O)CCN(CCc2ccccc2OC)C(C)=O)cc1. The Morgan fingerprint density at radius 3 is 2.39 bits per heavy atom. The molecule has 0 aliphatic heterocycles. The van der Waals surface area contributed by atoms with Crippen LogP contribution in [0.25, 0.3) is 0 Å². The molecular formula is C22H28N2O4. The number of anilines is 1. The highest BCUT2D eigenvalue weighted by atomic mass is 16.5. The Hall–Kier alpha value is -3.02. The highest BCUT2D eigenvalue weighted by molar-refractivity contribution is 5.91. The Morgan fingerprint density at radius 1 is 1.04 bits per heavy atom. The first-order chi connectivity index (χ1) is 13.5. The second-order valence-corrected chi connectivity index (χ2v) is 6.32. The summed E-state index contributed by atoms with van der Waals surface area (Å²) in [5, 5.41) is 2.85. The lowest BCUT2D eigenvalue weighted by atomic mass is 10.1. The molecule has 0 aliphatic carbocycles. The summed E-state index contributed by atoms with van der Waals surface area (Å²) in [4.78, 5) is 25.8. The summed E-state index contributed by atoms with van der Waals surface area (Å²) < 4.78 is 10.7. The molecule has 0 radical (unpaired) electrons. The highest BCUT2D eigenvalue weighted by Crippen LogP contribution is 2.18. The highest BCUT2D eigenvalue weighted by Gasteiger charge is 2.13. The van der Waals surface area contributed by atoms with Crippen molar-refractivity contribution in [2.24, 2.45) is 0 Å². The van der Waals surface area contributed by atoms with Crippen molar-refractivity contribution in [2.45, 2.75) is 26.7 Å². The molecule has 0 aromatic heterocycles. The Kier molecular flexibility index (Phi) is 8.34. The number of para-hydroxylation sites is 1. The minimum absolute atomic E-state index is 0.0521. The number of hydrogen-bond acceptors (Lipinski definition) is 4. The van der Waals surface area contributed by atoms with E-state index >= 15 is 0 Å². The van der Waals surface area contributed by atoms with Gasteiger partial charge in [-0.2, -0.15) is 0 Å². The maximum absolute atomic E-state index is 12.2. The van der Waals surface area contributed by atoms with Crippen LogP contribution in [0.3, 0.4) is 0 Å². The van der Waals surface area contributed by atoms with Crippen LogP contribution in [0.1, 0.15) is 25.8 Å². The summed E-state index contributed by atoms with van der Waals surface area (Å²) in [5.41, 5.74) is 1.74. The van der Waals surface area contributed by atoms with E-state index in [-0.39, 0.29) is 18.2 Å². The van der Waals surface area contributed by atoms with Crippen LogP contribution in [0.4, 0.5) is 5.69 Å². The first-order valence-electron chi connectivity index (χ1n) is 9.43. The molecule has 28 heavy (non-hydrogen) atoms. The van der Waals surface area contributed by atoms with E-state index in [0.29, 0.717) is 31.8 Å². The topological polar surface area (TPSA) is 67.9 Å². The number of nitrogens with one attached hydrogen (secondary N) is 1. The Bertz CT molecular complexity index is 774. The smallest absolute Gasteiger partial charge is 0.226 e. The number of benzene rings is 2. The van der Waals surface area contributed by atoms with Gasteiger partial charge >= 0.3 is 0 Å². The summed E-state index contributed by atoms with van der Waals surface area (Å²) in [6.45, 7) is 4.94. The van der Waals surface area contributed by atoms with Gasteiger partial charge in [0.25, 0.3) is 0 Å². The van der Waals surface area contributed by atoms with Gasteiger partial charge in [-0.15, -0.1) is 0 Å². The predicted octanol–water partition coefficient (Wildman–Crippen LogP) is 3.51. The zero-order chi connectivity index (χ0) is 20.4. The molecule has 0 saturated heterocycles. The quantitative estimate of drug-likeness (QED) is 0.681. The summed E-state index contributed by atoms with van der Waals surface area (Å²) in [5.74, 6) is 1.38. The van der Waals surface area contributed by atoms with Gasteiger partial charge in [-0.3, -0.25) is 9.59 Å². The van der Waals surface area contributed by atoms with Gasteiger partial charge in [0.1, 0.15) is 11.5 Å². The van der Waals surface area contributed by atoms with Crippen molar-refractivity contribution in [3.63, 3.8) is 0 Å². The molecule has 2 aromatic carbocycles. The minimum Gasteiger partial charge on any atom is -0.496 e. The molecule has 2 aromatic rings. The zero-order valence-electron chi connectivity index (χ0n) is 16.7. The average molecular weight is 384 g/mol. The Labute approximate surface area is 166 Å². The van der Waals surface area contributed by atoms with E-state index in [1.165, 1.54) is 6.92 Å². The number of carbonyl (C=O) groups is 2. The van der Waals surface area contributed by atoms with Gasteiger partial charge in [0.05, 0.1) is 13.7 Å². The van der Waals surface area contributed by atoms with Crippen LogP contribution < -0.4 is 14.8 Å². The Balaban J connectivity index is 1.84. The third kappa shape index (κ3) is 6.61. The first-order valence-corrected chi connectivity index (χ1v) is 9.43. The second-order valence-electron chi connectivity index (χ2n) is 6.32. The van der Waals surface area contributed by atoms with Crippen molar-refractivity contribution in [3.8, 4) is 11.5 Å². The van der Waals surface area contributed by atoms with Crippen molar-refractivity contribution in [2.75, 3.05) is 32.1 Å². The number of methoxy groups -OCH3 is 1. The molecule has 0 fully saturated rings. The zero-order valence-corrected chi connectivity index (χ0v) is 16.7. The maximum atomic E-state index is 12.2. The fourth-order valence-corrected chi connectivity index (χ4v) is 2.85. The van der Waals surface area contributed by atoms with Gasteiger partial charge in [0, 0.05) is 32.1 Å². The molecule has 0 heterocycles. The molecule has 0 saturated carbocycles. The number of rotatable bonds is 10. The third-order valence-corrected chi connectivity index (χ3v) is 4.35. The van der Waals surface area contributed by atoms with Crippen LogP contribution in [-0.4, -0.2) is 43.5 Å². The molecule has 0 aliphatic rings. The normalized spacial score (nSPS) is 10.2. The van der Waals surface area contributed by atoms with Crippen LogP contribution in [0.2, 0.25) is 0 Å². The molecule has 6 nitrogen and oxygen atoms in total. The Morgan fingerprint density at radius 2 is 1.75 bits per heavy atom. The molecule has 0 atom stereocenters. The molecule has 0 unspecified atom stereocenters. The number of ether oxygens (including phenoxy) is 2. The summed E-state index contributed by atoms with van der Waals surface area (Å²) in [6.07, 6.45) is 0.906. The number of carbonyl (C=O) groups excluding carboxylic acids is 2. The third-order valence-electron chi connectivity index (χ3n) is 4.35. The summed E-state index contributed by atoms with van der Waals surface area (Å²) in [7, 11) is 1.63. The van der Waals surface area contributed by atoms with Crippen molar-refractivity contribution >= 4 is 17.5 Å². The molecule has 150 valence electrons. The van der Waals surface area contributed by atoms with E-state index in [1.54, 1.807) is 24.1 Å². The van der Waals surface area contributed by atoms with Crippen LogP contribution in [0.5, 0.6) is 11.5 Å². The lowest BCUT2D eigenvalue weighted by Crippen LogP contribution is -2.33.